The van der Waals surface area contributed by atoms with Gasteiger partial charge in [-0.3, -0.25) is 0 Å². The minimum atomic E-state index is -0.00267. The second-order valence-electron chi connectivity index (χ2n) is 6.91. The molecular formula is C20H21ClN4. The van der Waals surface area contributed by atoms with E-state index >= 15 is 0 Å². The SMILES string of the molecule is CN(C)c1ccc(-c2nnc(C3(c4ccccc4)CC3)n2C)c(Cl)c1. The average molecular weight is 353 g/mol. The van der Waals surface area contributed by atoms with Crippen LogP contribution in [0.1, 0.15) is 24.2 Å². The van der Waals surface area contributed by atoms with Crippen LogP contribution in [0.2, 0.25) is 5.02 Å². The predicted octanol–water partition coefficient (Wildman–Crippen LogP) is 4.28. The minimum Gasteiger partial charge on any atom is -0.378 e. The third-order valence-corrected chi connectivity index (χ3v) is 5.40. The first-order chi connectivity index (χ1) is 12.0. The van der Waals surface area contributed by atoms with Crippen LogP contribution >= 0.6 is 11.6 Å². The first-order valence-electron chi connectivity index (χ1n) is 8.45. The van der Waals surface area contributed by atoms with E-state index in [9.17, 15) is 0 Å². The Morgan fingerprint density at radius 2 is 1.76 bits per heavy atom. The Hall–Kier alpha value is -2.33. The molecule has 1 aliphatic rings. The Bertz CT molecular complexity index is 911. The number of hydrogen-bond donors (Lipinski definition) is 0. The van der Waals surface area contributed by atoms with Crippen LogP contribution in [0, 0.1) is 0 Å². The maximum Gasteiger partial charge on any atom is 0.165 e. The number of nitrogens with zero attached hydrogens (tertiary/aromatic N) is 4. The summed E-state index contributed by atoms with van der Waals surface area (Å²) in [6.45, 7) is 0. The molecule has 1 aliphatic carbocycles. The van der Waals surface area contributed by atoms with E-state index in [-0.39, 0.29) is 5.41 Å². The molecule has 5 heteroatoms. The summed E-state index contributed by atoms with van der Waals surface area (Å²) in [6, 6.07) is 16.6. The van der Waals surface area contributed by atoms with Crippen molar-refractivity contribution in [3.05, 3.63) is 64.9 Å². The first-order valence-corrected chi connectivity index (χ1v) is 8.83. The van der Waals surface area contributed by atoms with Crippen molar-refractivity contribution in [1.82, 2.24) is 14.8 Å². The second kappa shape index (κ2) is 5.88. The van der Waals surface area contributed by atoms with Gasteiger partial charge in [0.2, 0.25) is 0 Å². The molecule has 0 aliphatic heterocycles. The predicted molar refractivity (Wildman–Crippen MR) is 102 cm³/mol. The van der Waals surface area contributed by atoms with Crippen molar-refractivity contribution in [1.29, 1.82) is 0 Å². The lowest BCUT2D eigenvalue weighted by Crippen LogP contribution is -2.15. The zero-order chi connectivity index (χ0) is 17.6. The molecule has 0 unspecified atom stereocenters. The van der Waals surface area contributed by atoms with Crippen molar-refractivity contribution >= 4 is 17.3 Å². The molecule has 0 amide bonds. The summed E-state index contributed by atoms with van der Waals surface area (Å²) in [4.78, 5) is 2.03. The molecule has 2 aromatic carbocycles. The van der Waals surface area contributed by atoms with E-state index in [4.69, 9.17) is 11.6 Å². The summed E-state index contributed by atoms with van der Waals surface area (Å²) in [5.74, 6) is 1.83. The van der Waals surface area contributed by atoms with Crippen LogP contribution in [0.4, 0.5) is 5.69 Å². The molecular weight excluding hydrogens is 332 g/mol. The van der Waals surface area contributed by atoms with Crippen LogP contribution in [0.25, 0.3) is 11.4 Å². The Kier molecular flexibility index (Phi) is 3.80. The highest BCUT2D eigenvalue weighted by molar-refractivity contribution is 6.33. The van der Waals surface area contributed by atoms with Gasteiger partial charge in [0.15, 0.2) is 5.82 Å². The normalized spacial score (nSPS) is 15.2. The topological polar surface area (TPSA) is 34.0 Å². The van der Waals surface area contributed by atoms with Gasteiger partial charge in [-0.25, -0.2) is 0 Å². The van der Waals surface area contributed by atoms with E-state index in [2.05, 4.69) is 45.1 Å². The number of halogens is 1. The lowest BCUT2D eigenvalue weighted by atomic mass is 9.95. The molecule has 0 bridgehead atoms. The fraction of sp³-hybridized carbons (Fsp3) is 0.300. The lowest BCUT2D eigenvalue weighted by Gasteiger charge is -2.16. The average Bonchev–Trinajstić information content (AvgIpc) is 3.33. The Balaban J connectivity index is 1.76. The fourth-order valence-electron chi connectivity index (χ4n) is 3.47. The van der Waals surface area contributed by atoms with Crippen LogP contribution in [-0.4, -0.2) is 28.9 Å². The van der Waals surface area contributed by atoms with E-state index in [0.29, 0.717) is 5.02 Å². The molecule has 0 spiro atoms. The largest absolute Gasteiger partial charge is 0.378 e. The van der Waals surface area contributed by atoms with Gasteiger partial charge in [0.25, 0.3) is 0 Å². The standard InChI is InChI=1S/C20H21ClN4/c1-24(2)15-9-10-16(17(21)13-15)18-22-23-19(25(18)3)20(11-12-20)14-7-5-4-6-8-14/h4-10,13H,11-12H2,1-3H3. The minimum absolute atomic E-state index is 0.00267. The summed E-state index contributed by atoms with van der Waals surface area (Å²) >= 11 is 6.53. The zero-order valence-electron chi connectivity index (χ0n) is 14.7. The molecule has 1 fully saturated rings. The monoisotopic (exact) mass is 352 g/mol. The van der Waals surface area contributed by atoms with Crippen molar-refractivity contribution < 1.29 is 0 Å². The van der Waals surface area contributed by atoms with Crippen molar-refractivity contribution in [3.8, 4) is 11.4 Å². The second-order valence-corrected chi connectivity index (χ2v) is 7.32. The molecule has 0 atom stereocenters. The van der Waals surface area contributed by atoms with Crippen molar-refractivity contribution in [2.24, 2.45) is 7.05 Å². The third-order valence-electron chi connectivity index (χ3n) is 5.09. The van der Waals surface area contributed by atoms with Crippen LogP contribution in [-0.2, 0) is 12.5 Å². The quantitative estimate of drug-likeness (QED) is 0.702. The van der Waals surface area contributed by atoms with Gasteiger partial charge in [0.1, 0.15) is 5.82 Å². The van der Waals surface area contributed by atoms with Gasteiger partial charge in [-0.15, -0.1) is 10.2 Å². The number of hydrogen-bond acceptors (Lipinski definition) is 3. The lowest BCUT2D eigenvalue weighted by molar-refractivity contribution is 0.694. The van der Waals surface area contributed by atoms with Gasteiger partial charge in [-0.1, -0.05) is 41.9 Å². The van der Waals surface area contributed by atoms with Crippen LogP contribution < -0.4 is 4.90 Å². The number of benzene rings is 2. The van der Waals surface area contributed by atoms with E-state index in [0.717, 1.165) is 35.7 Å². The van der Waals surface area contributed by atoms with Gasteiger partial charge in [0.05, 0.1) is 10.4 Å². The Morgan fingerprint density at radius 1 is 1.04 bits per heavy atom. The smallest absolute Gasteiger partial charge is 0.165 e. The fourth-order valence-corrected chi connectivity index (χ4v) is 3.73. The maximum atomic E-state index is 6.53. The van der Waals surface area contributed by atoms with Crippen molar-refractivity contribution in [2.45, 2.75) is 18.3 Å². The Morgan fingerprint density at radius 3 is 2.36 bits per heavy atom. The molecule has 0 radical (unpaired) electrons. The summed E-state index contributed by atoms with van der Waals surface area (Å²) in [5, 5.41) is 9.71. The van der Waals surface area contributed by atoms with E-state index in [1.165, 1.54) is 5.56 Å². The molecule has 1 saturated carbocycles. The molecule has 128 valence electrons. The molecule has 1 aromatic heterocycles. The Labute approximate surface area is 153 Å². The molecule has 0 saturated heterocycles. The van der Waals surface area contributed by atoms with Crippen molar-refractivity contribution in [2.75, 3.05) is 19.0 Å². The zero-order valence-corrected chi connectivity index (χ0v) is 15.5. The van der Waals surface area contributed by atoms with Crippen LogP contribution in [0.5, 0.6) is 0 Å². The highest BCUT2D eigenvalue weighted by Crippen LogP contribution is 2.53. The molecule has 0 N–H and O–H groups in total. The first kappa shape index (κ1) is 16.2. The number of aromatic nitrogens is 3. The summed E-state index contributed by atoms with van der Waals surface area (Å²) in [7, 11) is 6.04. The highest BCUT2D eigenvalue weighted by atomic mass is 35.5. The van der Waals surface area contributed by atoms with Crippen LogP contribution in [0.3, 0.4) is 0 Å². The molecule has 3 aromatic rings. The summed E-state index contributed by atoms with van der Waals surface area (Å²) < 4.78 is 2.09. The van der Waals surface area contributed by atoms with E-state index < -0.39 is 0 Å². The summed E-state index contributed by atoms with van der Waals surface area (Å²) in [5.41, 5.74) is 3.29. The van der Waals surface area contributed by atoms with Crippen molar-refractivity contribution in [3.63, 3.8) is 0 Å². The molecule has 1 heterocycles. The number of rotatable bonds is 4. The van der Waals surface area contributed by atoms with Gasteiger partial charge >= 0.3 is 0 Å². The summed E-state index contributed by atoms with van der Waals surface area (Å²) in [6.07, 6.45) is 2.21. The van der Waals surface area contributed by atoms with E-state index in [1.54, 1.807) is 0 Å². The van der Waals surface area contributed by atoms with Gasteiger partial charge in [-0.05, 0) is 36.6 Å². The molecule has 4 nitrogen and oxygen atoms in total. The van der Waals surface area contributed by atoms with Crippen LogP contribution in [0.15, 0.2) is 48.5 Å². The molecule has 25 heavy (non-hydrogen) atoms. The number of anilines is 1. The van der Waals surface area contributed by atoms with Gasteiger partial charge in [-0.2, -0.15) is 0 Å². The van der Waals surface area contributed by atoms with E-state index in [1.807, 2.05) is 44.2 Å². The van der Waals surface area contributed by atoms with Gasteiger partial charge < -0.3 is 9.47 Å². The third kappa shape index (κ3) is 2.61. The molecule has 4 rings (SSSR count). The van der Waals surface area contributed by atoms with Gasteiger partial charge in [0, 0.05) is 32.4 Å². The highest BCUT2D eigenvalue weighted by Gasteiger charge is 2.49. The maximum absolute atomic E-state index is 6.53.